The summed E-state index contributed by atoms with van der Waals surface area (Å²) in [6.07, 6.45) is 0.451. The summed E-state index contributed by atoms with van der Waals surface area (Å²) in [5.41, 5.74) is 0.414. The zero-order chi connectivity index (χ0) is 14.9. The average Bonchev–Trinajstić information content (AvgIpc) is 2.37. The van der Waals surface area contributed by atoms with Gasteiger partial charge in [0.05, 0.1) is 12.2 Å². The molecule has 0 bridgehead atoms. The Bertz CT molecular complexity index is 586. The molecule has 20 heavy (non-hydrogen) atoms. The topological polar surface area (TPSA) is 66.5 Å². The Morgan fingerprint density at radius 3 is 2.70 bits per heavy atom. The highest BCUT2D eigenvalue weighted by Crippen LogP contribution is 2.25. The quantitative estimate of drug-likeness (QED) is 0.668. The highest BCUT2D eigenvalue weighted by atomic mass is 19.1. The van der Waals surface area contributed by atoms with Crippen LogP contribution < -0.4 is 10.2 Å². The Labute approximate surface area is 115 Å². The molecule has 1 unspecified atom stereocenters. The number of amides is 2. The molecule has 2 rings (SSSR count). The fourth-order valence-corrected chi connectivity index (χ4v) is 2.28. The van der Waals surface area contributed by atoms with Crippen molar-refractivity contribution in [2.45, 2.75) is 26.3 Å². The van der Waals surface area contributed by atoms with Crippen molar-refractivity contribution in [2.75, 3.05) is 11.4 Å². The second-order valence-electron chi connectivity index (χ2n) is 4.69. The van der Waals surface area contributed by atoms with Gasteiger partial charge in [0.25, 0.3) is 0 Å². The van der Waals surface area contributed by atoms with E-state index in [4.69, 9.17) is 0 Å². The van der Waals surface area contributed by atoms with E-state index in [0.717, 1.165) is 6.07 Å². The van der Waals surface area contributed by atoms with Crippen molar-refractivity contribution < 1.29 is 18.8 Å². The van der Waals surface area contributed by atoms with Crippen molar-refractivity contribution in [3.63, 3.8) is 0 Å². The van der Waals surface area contributed by atoms with E-state index in [9.17, 15) is 18.8 Å². The van der Waals surface area contributed by atoms with Gasteiger partial charge in [0.2, 0.25) is 11.8 Å². The molecular weight excluding hydrogens is 263 g/mol. The Hall–Kier alpha value is -2.24. The molecule has 1 saturated heterocycles. The molecule has 1 aromatic carbocycles. The normalized spacial score (nSPS) is 18.9. The number of Topliss-reactive ketones (excluding diaryl/α,β-unsaturated/α-hetero) is 1. The van der Waals surface area contributed by atoms with Crippen LogP contribution in [0.1, 0.15) is 30.6 Å². The van der Waals surface area contributed by atoms with Crippen molar-refractivity contribution in [2.24, 2.45) is 0 Å². The molecule has 106 valence electrons. The van der Waals surface area contributed by atoms with E-state index in [1.807, 2.05) is 0 Å². The lowest BCUT2D eigenvalue weighted by Gasteiger charge is -2.35. The minimum Gasteiger partial charge on any atom is -0.348 e. The van der Waals surface area contributed by atoms with Crippen molar-refractivity contribution in [3.8, 4) is 0 Å². The zero-order valence-electron chi connectivity index (χ0n) is 11.3. The number of piperazine rings is 1. The Morgan fingerprint density at radius 1 is 1.45 bits per heavy atom. The fraction of sp³-hybridized carbons (Fsp3) is 0.357. The Kier molecular flexibility index (Phi) is 3.83. The number of halogens is 1. The van der Waals surface area contributed by atoms with Gasteiger partial charge in [0, 0.05) is 5.56 Å². The van der Waals surface area contributed by atoms with Crippen LogP contribution in [-0.4, -0.2) is 30.2 Å². The third-order valence-corrected chi connectivity index (χ3v) is 3.31. The fourth-order valence-electron chi connectivity index (χ4n) is 2.28. The van der Waals surface area contributed by atoms with Crippen molar-refractivity contribution in [1.82, 2.24) is 5.32 Å². The van der Waals surface area contributed by atoms with Gasteiger partial charge in [-0.3, -0.25) is 19.7 Å². The highest BCUT2D eigenvalue weighted by molar-refractivity contribution is 6.04. The zero-order valence-corrected chi connectivity index (χ0v) is 11.3. The van der Waals surface area contributed by atoms with E-state index < -0.39 is 23.7 Å². The van der Waals surface area contributed by atoms with Crippen LogP contribution in [-0.2, 0) is 9.59 Å². The summed E-state index contributed by atoms with van der Waals surface area (Å²) in [6, 6.07) is 3.46. The second-order valence-corrected chi connectivity index (χ2v) is 4.69. The molecule has 1 atom stereocenters. The Morgan fingerprint density at radius 2 is 2.15 bits per heavy atom. The third-order valence-electron chi connectivity index (χ3n) is 3.31. The number of hydrogen-bond acceptors (Lipinski definition) is 4. The predicted molar refractivity (Wildman–Crippen MR) is 71.0 cm³/mol. The van der Waals surface area contributed by atoms with Gasteiger partial charge < -0.3 is 4.90 Å². The lowest BCUT2D eigenvalue weighted by Crippen LogP contribution is -2.58. The molecule has 1 fully saturated rings. The van der Waals surface area contributed by atoms with Gasteiger partial charge in [-0.1, -0.05) is 6.92 Å². The lowest BCUT2D eigenvalue weighted by atomic mass is 10.1. The number of nitrogens with zero attached hydrogens (tertiary/aromatic N) is 1. The number of ketones is 1. The SMILES string of the molecule is CCC1C(=O)NC(=O)CN1c1ccc(C(C)=O)cc1F. The number of imide groups is 1. The van der Waals surface area contributed by atoms with Crippen LogP contribution in [0.5, 0.6) is 0 Å². The molecule has 2 amide bonds. The maximum absolute atomic E-state index is 14.1. The number of rotatable bonds is 3. The average molecular weight is 278 g/mol. The molecule has 6 heteroatoms. The predicted octanol–water partition coefficient (Wildman–Crippen LogP) is 1.27. The summed E-state index contributed by atoms with van der Waals surface area (Å²) in [5.74, 6) is -1.75. The van der Waals surface area contributed by atoms with Gasteiger partial charge >= 0.3 is 0 Å². The van der Waals surface area contributed by atoms with E-state index >= 15 is 0 Å². The number of nitrogens with one attached hydrogen (secondary N) is 1. The highest BCUT2D eigenvalue weighted by Gasteiger charge is 2.33. The maximum Gasteiger partial charge on any atom is 0.249 e. The summed E-state index contributed by atoms with van der Waals surface area (Å²) in [7, 11) is 0. The smallest absolute Gasteiger partial charge is 0.249 e. The first-order chi connectivity index (χ1) is 9.43. The first-order valence-corrected chi connectivity index (χ1v) is 6.35. The molecule has 1 aliphatic heterocycles. The second kappa shape index (κ2) is 5.40. The van der Waals surface area contributed by atoms with Crippen LogP contribution in [0.4, 0.5) is 10.1 Å². The third kappa shape index (κ3) is 2.54. The van der Waals surface area contributed by atoms with Gasteiger partial charge in [-0.25, -0.2) is 4.39 Å². The van der Waals surface area contributed by atoms with Crippen LogP contribution in [0.3, 0.4) is 0 Å². The molecule has 5 nitrogen and oxygen atoms in total. The number of carbonyl (C=O) groups is 3. The molecule has 0 aromatic heterocycles. The minimum absolute atomic E-state index is 0.0828. The molecule has 1 aromatic rings. The summed E-state index contributed by atoms with van der Waals surface area (Å²) >= 11 is 0. The van der Waals surface area contributed by atoms with Gasteiger partial charge in [-0.2, -0.15) is 0 Å². The molecular formula is C14H15FN2O3. The molecule has 0 saturated carbocycles. The van der Waals surface area contributed by atoms with E-state index in [-0.39, 0.29) is 23.6 Å². The van der Waals surface area contributed by atoms with Gasteiger partial charge in [0.15, 0.2) is 5.78 Å². The summed E-state index contributed by atoms with van der Waals surface area (Å²) < 4.78 is 14.1. The van der Waals surface area contributed by atoms with Crippen molar-refractivity contribution >= 4 is 23.3 Å². The van der Waals surface area contributed by atoms with Gasteiger partial charge in [-0.15, -0.1) is 0 Å². The largest absolute Gasteiger partial charge is 0.348 e. The van der Waals surface area contributed by atoms with E-state index in [1.54, 1.807) is 6.92 Å². The summed E-state index contributed by atoms with van der Waals surface area (Å²) in [6.45, 7) is 3.05. The lowest BCUT2D eigenvalue weighted by molar-refractivity contribution is -0.132. The summed E-state index contributed by atoms with van der Waals surface area (Å²) in [4.78, 5) is 35.9. The van der Waals surface area contributed by atoms with Crippen LogP contribution in [0.2, 0.25) is 0 Å². The molecule has 0 radical (unpaired) electrons. The van der Waals surface area contributed by atoms with Crippen LogP contribution >= 0.6 is 0 Å². The first kappa shape index (κ1) is 14.2. The monoisotopic (exact) mass is 278 g/mol. The number of carbonyl (C=O) groups excluding carboxylic acids is 3. The molecule has 0 spiro atoms. The van der Waals surface area contributed by atoms with Crippen LogP contribution in [0.15, 0.2) is 18.2 Å². The first-order valence-electron chi connectivity index (χ1n) is 6.35. The maximum atomic E-state index is 14.1. The molecule has 1 aliphatic rings. The minimum atomic E-state index is -0.612. The number of benzene rings is 1. The molecule has 1 N–H and O–H groups in total. The number of hydrogen-bond donors (Lipinski definition) is 1. The molecule has 1 heterocycles. The Balaban J connectivity index is 2.40. The van der Waals surface area contributed by atoms with Gasteiger partial charge in [-0.05, 0) is 31.5 Å². The van der Waals surface area contributed by atoms with Crippen LogP contribution in [0, 0.1) is 5.82 Å². The molecule has 0 aliphatic carbocycles. The van der Waals surface area contributed by atoms with Crippen molar-refractivity contribution in [3.05, 3.63) is 29.6 Å². The van der Waals surface area contributed by atoms with E-state index in [2.05, 4.69) is 5.32 Å². The van der Waals surface area contributed by atoms with Crippen LogP contribution in [0.25, 0.3) is 0 Å². The standard InChI is InChI=1S/C14H15FN2O3/c1-3-11-14(20)16-13(19)7-17(11)12-5-4-9(8(2)18)6-10(12)15/h4-6,11H,3,7H2,1-2H3,(H,16,19,20). The van der Waals surface area contributed by atoms with E-state index in [0.29, 0.717) is 6.42 Å². The summed E-state index contributed by atoms with van der Waals surface area (Å²) in [5, 5.41) is 2.23. The number of anilines is 1. The van der Waals surface area contributed by atoms with Crippen molar-refractivity contribution in [1.29, 1.82) is 0 Å². The van der Waals surface area contributed by atoms with E-state index in [1.165, 1.54) is 24.0 Å². The van der Waals surface area contributed by atoms with Gasteiger partial charge in [0.1, 0.15) is 11.9 Å².